The highest BCUT2D eigenvalue weighted by Gasteiger charge is 2.00. The maximum atomic E-state index is 10.6. The summed E-state index contributed by atoms with van der Waals surface area (Å²) in [5.74, 6) is 0.833. The number of fused-ring (bicyclic) bond motifs is 1. The lowest BCUT2D eigenvalue weighted by atomic mass is 10.1. The first-order valence-corrected chi connectivity index (χ1v) is 4.37. The van der Waals surface area contributed by atoms with Crippen molar-refractivity contribution in [3.05, 3.63) is 42.0 Å². The molecule has 0 unspecified atom stereocenters. The topological polar surface area (TPSA) is 26.3 Å². The molecule has 2 aromatic rings. The maximum absolute atomic E-state index is 10.6. The third-order valence-electron chi connectivity index (χ3n) is 2.22. The number of carbonyl (C=O) groups is 1. The third kappa shape index (κ3) is 1.35. The van der Waals surface area contributed by atoms with E-state index in [1.54, 1.807) is 13.2 Å². The van der Waals surface area contributed by atoms with Crippen LogP contribution in [0.3, 0.4) is 0 Å². The summed E-state index contributed by atoms with van der Waals surface area (Å²) in [6.45, 7) is 0. The van der Waals surface area contributed by atoms with Gasteiger partial charge in [0.15, 0.2) is 0 Å². The van der Waals surface area contributed by atoms with Crippen molar-refractivity contribution in [2.24, 2.45) is 0 Å². The number of hydrogen-bond donors (Lipinski definition) is 0. The summed E-state index contributed by atoms with van der Waals surface area (Å²) in [4.78, 5) is 10.6. The predicted molar refractivity (Wildman–Crippen MR) is 55.9 cm³/mol. The van der Waals surface area contributed by atoms with Gasteiger partial charge in [-0.2, -0.15) is 0 Å². The molecule has 0 amide bonds. The average molecular weight is 186 g/mol. The lowest BCUT2D eigenvalue weighted by Crippen LogP contribution is -1.85. The molecule has 0 aliphatic rings. The van der Waals surface area contributed by atoms with Gasteiger partial charge in [-0.3, -0.25) is 4.79 Å². The van der Waals surface area contributed by atoms with Crippen LogP contribution in [0.25, 0.3) is 10.8 Å². The third-order valence-corrected chi connectivity index (χ3v) is 2.22. The van der Waals surface area contributed by atoms with Gasteiger partial charge in [-0.25, -0.2) is 0 Å². The Morgan fingerprint density at radius 3 is 2.79 bits per heavy atom. The van der Waals surface area contributed by atoms with E-state index in [2.05, 4.69) is 0 Å². The van der Waals surface area contributed by atoms with Crippen LogP contribution in [0.2, 0.25) is 0 Å². The van der Waals surface area contributed by atoms with Gasteiger partial charge in [0, 0.05) is 10.9 Å². The van der Waals surface area contributed by atoms with Crippen molar-refractivity contribution in [1.82, 2.24) is 0 Å². The summed E-state index contributed by atoms with van der Waals surface area (Å²) in [6.07, 6.45) is 0.846. The van der Waals surface area contributed by atoms with Crippen LogP contribution in [-0.4, -0.2) is 13.4 Å². The van der Waals surface area contributed by atoms with E-state index in [0.717, 1.165) is 22.8 Å². The van der Waals surface area contributed by atoms with Gasteiger partial charge in [-0.15, -0.1) is 0 Å². The zero-order valence-electron chi connectivity index (χ0n) is 7.86. The minimum absolute atomic E-state index is 0.686. The zero-order valence-corrected chi connectivity index (χ0v) is 7.86. The quantitative estimate of drug-likeness (QED) is 0.674. The molecule has 0 atom stereocenters. The zero-order chi connectivity index (χ0) is 9.97. The molecule has 0 aliphatic heterocycles. The van der Waals surface area contributed by atoms with Crippen molar-refractivity contribution in [2.45, 2.75) is 0 Å². The van der Waals surface area contributed by atoms with E-state index < -0.39 is 0 Å². The Hall–Kier alpha value is -1.83. The Kier molecular flexibility index (Phi) is 2.19. The van der Waals surface area contributed by atoms with Crippen LogP contribution in [0.5, 0.6) is 5.75 Å². The summed E-state index contributed by atoms with van der Waals surface area (Å²) in [6, 6.07) is 11.3. The number of methoxy groups -OCH3 is 1. The minimum atomic E-state index is 0.686. The van der Waals surface area contributed by atoms with Gasteiger partial charge in [0.25, 0.3) is 0 Å². The lowest BCUT2D eigenvalue weighted by molar-refractivity contribution is 0.112. The molecule has 0 bridgehead atoms. The number of carbonyl (C=O) groups excluding carboxylic acids is 1. The molecule has 2 aromatic carbocycles. The number of aldehydes is 1. The van der Waals surface area contributed by atoms with E-state index in [1.165, 1.54) is 0 Å². The molecule has 0 saturated heterocycles. The van der Waals surface area contributed by atoms with Gasteiger partial charge < -0.3 is 4.74 Å². The van der Waals surface area contributed by atoms with Crippen molar-refractivity contribution >= 4 is 17.1 Å². The number of benzene rings is 2. The van der Waals surface area contributed by atoms with Crippen LogP contribution in [0, 0.1) is 0 Å². The molecular formula is C12H10O2. The van der Waals surface area contributed by atoms with Crippen LogP contribution in [0.1, 0.15) is 10.4 Å². The maximum Gasteiger partial charge on any atom is 0.150 e. The number of hydrogen-bond acceptors (Lipinski definition) is 2. The molecule has 0 aromatic heterocycles. The first-order chi connectivity index (χ1) is 6.85. The lowest BCUT2D eigenvalue weighted by Gasteiger charge is -2.04. The molecule has 0 N–H and O–H groups in total. The highest BCUT2D eigenvalue weighted by atomic mass is 16.5. The molecule has 0 radical (unpaired) electrons. The molecular weight excluding hydrogens is 176 g/mol. The van der Waals surface area contributed by atoms with E-state index in [4.69, 9.17) is 4.74 Å². The summed E-state index contributed by atoms with van der Waals surface area (Å²) >= 11 is 0. The minimum Gasteiger partial charge on any atom is -0.496 e. The summed E-state index contributed by atoms with van der Waals surface area (Å²) in [5.41, 5.74) is 0.686. The number of ether oxygens (including phenoxy) is 1. The predicted octanol–water partition coefficient (Wildman–Crippen LogP) is 2.66. The van der Waals surface area contributed by atoms with Crippen LogP contribution in [0.15, 0.2) is 36.4 Å². The van der Waals surface area contributed by atoms with Gasteiger partial charge in [0.2, 0.25) is 0 Å². The summed E-state index contributed by atoms with van der Waals surface area (Å²) < 4.78 is 5.21. The average Bonchev–Trinajstić information content (AvgIpc) is 2.27. The van der Waals surface area contributed by atoms with Crippen molar-refractivity contribution in [3.8, 4) is 5.75 Å². The Balaban J connectivity index is 2.73. The van der Waals surface area contributed by atoms with Crippen LogP contribution in [-0.2, 0) is 0 Å². The monoisotopic (exact) mass is 186 g/mol. The van der Waals surface area contributed by atoms with Crippen molar-refractivity contribution in [2.75, 3.05) is 7.11 Å². The first-order valence-electron chi connectivity index (χ1n) is 4.37. The molecule has 0 fully saturated rings. The molecule has 2 heteroatoms. The Morgan fingerprint density at radius 2 is 2.07 bits per heavy atom. The van der Waals surface area contributed by atoms with E-state index in [1.807, 2.05) is 30.3 Å². The second kappa shape index (κ2) is 3.50. The van der Waals surface area contributed by atoms with Crippen molar-refractivity contribution in [3.63, 3.8) is 0 Å². The molecule has 0 spiro atoms. The van der Waals surface area contributed by atoms with Crippen molar-refractivity contribution < 1.29 is 9.53 Å². The van der Waals surface area contributed by atoms with E-state index >= 15 is 0 Å². The van der Waals surface area contributed by atoms with Gasteiger partial charge >= 0.3 is 0 Å². The van der Waals surface area contributed by atoms with Crippen LogP contribution < -0.4 is 4.74 Å². The van der Waals surface area contributed by atoms with Gasteiger partial charge in [0.05, 0.1) is 7.11 Å². The molecule has 2 rings (SSSR count). The Morgan fingerprint density at radius 1 is 1.21 bits per heavy atom. The molecule has 2 nitrogen and oxygen atoms in total. The van der Waals surface area contributed by atoms with Gasteiger partial charge in [-0.05, 0) is 23.6 Å². The summed E-state index contributed by atoms with van der Waals surface area (Å²) in [5, 5.41) is 2.05. The van der Waals surface area contributed by atoms with Gasteiger partial charge in [-0.1, -0.05) is 18.2 Å². The molecule has 14 heavy (non-hydrogen) atoms. The highest BCUT2D eigenvalue weighted by molar-refractivity contribution is 5.92. The smallest absolute Gasteiger partial charge is 0.150 e. The molecule has 70 valence electrons. The van der Waals surface area contributed by atoms with E-state index in [9.17, 15) is 4.79 Å². The second-order valence-corrected chi connectivity index (χ2v) is 3.06. The molecule has 0 aliphatic carbocycles. The fourth-order valence-electron chi connectivity index (χ4n) is 1.52. The normalized spacial score (nSPS) is 10.1. The fraction of sp³-hybridized carbons (Fsp3) is 0.0833. The van der Waals surface area contributed by atoms with Crippen LogP contribution >= 0.6 is 0 Å². The van der Waals surface area contributed by atoms with Crippen molar-refractivity contribution in [1.29, 1.82) is 0 Å². The second-order valence-electron chi connectivity index (χ2n) is 3.06. The van der Waals surface area contributed by atoms with E-state index in [-0.39, 0.29) is 0 Å². The SMILES string of the molecule is COc1cccc2cc(C=O)ccc12. The highest BCUT2D eigenvalue weighted by Crippen LogP contribution is 2.25. The molecule has 0 saturated carbocycles. The fourth-order valence-corrected chi connectivity index (χ4v) is 1.52. The largest absolute Gasteiger partial charge is 0.496 e. The summed E-state index contributed by atoms with van der Waals surface area (Å²) in [7, 11) is 1.64. The standard InChI is InChI=1S/C12H10O2/c1-14-12-4-2-3-10-7-9(8-13)5-6-11(10)12/h2-8H,1H3. The Bertz CT molecular complexity index is 475. The first kappa shape index (κ1) is 8.75. The van der Waals surface area contributed by atoms with Crippen LogP contribution in [0.4, 0.5) is 0 Å². The molecule has 0 heterocycles. The van der Waals surface area contributed by atoms with E-state index in [0.29, 0.717) is 5.56 Å². The Labute approximate surface area is 82.1 Å². The van der Waals surface area contributed by atoms with Gasteiger partial charge in [0.1, 0.15) is 12.0 Å². The number of rotatable bonds is 2.